The molecule has 1 fully saturated rings. The number of carbonyl (C=O) groups is 2. The number of amides is 2. The van der Waals surface area contributed by atoms with Crippen LogP contribution >= 0.6 is 11.6 Å². The van der Waals surface area contributed by atoms with Crippen molar-refractivity contribution in [2.75, 3.05) is 26.2 Å². The van der Waals surface area contributed by atoms with Crippen LogP contribution in [-0.4, -0.2) is 52.9 Å². The second kappa shape index (κ2) is 8.89. The third-order valence-electron chi connectivity index (χ3n) is 5.38. The third kappa shape index (κ3) is 4.18. The first-order chi connectivity index (χ1) is 15.0. The maximum atomic E-state index is 14.0. The van der Waals surface area contributed by atoms with Crippen molar-refractivity contribution in [1.29, 1.82) is 0 Å². The zero-order valence-corrected chi connectivity index (χ0v) is 17.7. The van der Waals surface area contributed by atoms with Crippen LogP contribution in [0.2, 0.25) is 5.02 Å². The van der Waals surface area contributed by atoms with E-state index in [4.69, 9.17) is 16.1 Å². The topological polar surface area (TPSA) is 66.7 Å². The van der Waals surface area contributed by atoms with Gasteiger partial charge in [0.05, 0.1) is 10.6 Å². The molecule has 0 spiro atoms. The molecule has 160 valence electrons. The van der Waals surface area contributed by atoms with Crippen molar-refractivity contribution in [2.45, 2.75) is 13.3 Å². The number of benzene rings is 2. The van der Waals surface area contributed by atoms with Crippen LogP contribution in [0.25, 0.3) is 11.3 Å². The van der Waals surface area contributed by atoms with Crippen LogP contribution in [0.4, 0.5) is 4.39 Å². The molecule has 3 aromatic rings. The van der Waals surface area contributed by atoms with Gasteiger partial charge in [-0.2, -0.15) is 0 Å². The molecular formula is C23H21ClFN3O3. The van der Waals surface area contributed by atoms with Crippen LogP contribution in [0, 0.1) is 12.7 Å². The summed E-state index contributed by atoms with van der Waals surface area (Å²) in [7, 11) is 0. The van der Waals surface area contributed by atoms with Crippen molar-refractivity contribution in [2.24, 2.45) is 0 Å². The van der Waals surface area contributed by atoms with E-state index in [1.165, 1.54) is 12.1 Å². The highest BCUT2D eigenvalue weighted by atomic mass is 35.5. The first kappa shape index (κ1) is 21.1. The highest BCUT2D eigenvalue weighted by Crippen LogP contribution is 2.32. The largest absolute Gasteiger partial charge is 0.360 e. The molecule has 0 radical (unpaired) electrons. The van der Waals surface area contributed by atoms with Crippen molar-refractivity contribution in [3.05, 3.63) is 76.3 Å². The zero-order valence-electron chi connectivity index (χ0n) is 17.0. The molecule has 2 aromatic carbocycles. The molecule has 0 N–H and O–H groups in total. The standard InChI is InChI=1S/C23H21ClFN3O3/c1-15-20(21(26-31-15)16-7-2-4-9-18(16)24)23(30)28-12-6-11-27(13-14-28)22(29)17-8-3-5-10-19(17)25/h2-5,7-10H,6,11-14H2,1H3. The average Bonchev–Trinajstić information content (AvgIpc) is 2.98. The summed E-state index contributed by atoms with van der Waals surface area (Å²) >= 11 is 6.30. The third-order valence-corrected chi connectivity index (χ3v) is 5.71. The quantitative estimate of drug-likeness (QED) is 0.603. The monoisotopic (exact) mass is 441 g/mol. The predicted molar refractivity (Wildman–Crippen MR) is 115 cm³/mol. The molecule has 1 saturated heterocycles. The van der Waals surface area contributed by atoms with Crippen molar-refractivity contribution >= 4 is 23.4 Å². The Morgan fingerprint density at radius 1 is 0.968 bits per heavy atom. The van der Waals surface area contributed by atoms with Gasteiger partial charge in [-0.05, 0) is 31.5 Å². The van der Waals surface area contributed by atoms with Gasteiger partial charge in [0.1, 0.15) is 22.8 Å². The second-order valence-electron chi connectivity index (χ2n) is 7.36. The van der Waals surface area contributed by atoms with E-state index in [0.717, 1.165) is 0 Å². The van der Waals surface area contributed by atoms with Crippen LogP contribution in [-0.2, 0) is 0 Å². The number of halogens is 2. The molecule has 8 heteroatoms. The van der Waals surface area contributed by atoms with E-state index >= 15 is 0 Å². The number of hydrogen-bond donors (Lipinski definition) is 0. The summed E-state index contributed by atoms with van der Waals surface area (Å²) in [5.74, 6) is -0.739. The Morgan fingerprint density at radius 2 is 1.61 bits per heavy atom. The van der Waals surface area contributed by atoms with E-state index in [1.807, 2.05) is 6.07 Å². The molecular weight excluding hydrogens is 421 g/mol. The maximum Gasteiger partial charge on any atom is 0.259 e. The molecule has 1 aliphatic rings. The number of aromatic nitrogens is 1. The fourth-order valence-corrected chi connectivity index (χ4v) is 3.97. The van der Waals surface area contributed by atoms with Crippen LogP contribution < -0.4 is 0 Å². The Bertz CT molecular complexity index is 1130. The van der Waals surface area contributed by atoms with E-state index in [1.54, 1.807) is 47.1 Å². The van der Waals surface area contributed by atoms with Crippen molar-refractivity contribution in [3.8, 4) is 11.3 Å². The minimum Gasteiger partial charge on any atom is -0.360 e. The number of aryl methyl sites for hydroxylation is 1. The van der Waals surface area contributed by atoms with E-state index in [-0.39, 0.29) is 17.4 Å². The minimum atomic E-state index is -0.547. The Balaban J connectivity index is 1.54. The lowest BCUT2D eigenvalue weighted by Gasteiger charge is -2.22. The summed E-state index contributed by atoms with van der Waals surface area (Å²) in [5, 5.41) is 4.54. The van der Waals surface area contributed by atoms with Crippen LogP contribution in [0.1, 0.15) is 32.9 Å². The number of nitrogens with zero attached hydrogens (tertiary/aromatic N) is 3. The molecule has 1 aromatic heterocycles. The summed E-state index contributed by atoms with van der Waals surface area (Å²) in [6.45, 7) is 3.23. The highest BCUT2D eigenvalue weighted by Gasteiger charge is 2.29. The van der Waals surface area contributed by atoms with Crippen LogP contribution in [0.5, 0.6) is 0 Å². The van der Waals surface area contributed by atoms with E-state index in [9.17, 15) is 14.0 Å². The normalized spacial score (nSPS) is 14.4. The van der Waals surface area contributed by atoms with Crippen molar-refractivity contribution in [1.82, 2.24) is 15.0 Å². The van der Waals surface area contributed by atoms with E-state index in [2.05, 4.69) is 5.16 Å². The molecule has 0 atom stereocenters. The van der Waals surface area contributed by atoms with Crippen LogP contribution in [0.3, 0.4) is 0 Å². The molecule has 6 nitrogen and oxygen atoms in total. The van der Waals surface area contributed by atoms with Gasteiger partial charge >= 0.3 is 0 Å². The maximum absolute atomic E-state index is 14.0. The first-order valence-corrected chi connectivity index (χ1v) is 10.4. The van der Waals surface area contributed by atoms with Gasteiger partial charge in [0.25, 0.3) is 11.8 Å². The van der Waals surface area contributed by atoms with Gasteiger partial charge < -0.3 is 14.3 Å². The molecule has 1 aliphatic heterocycles. The summed E-state index contributed by atoms with van der Waals surface area (Å²) in [5.41, 5.74) is 1.42. The highest BCUT2D eigenvalue weighted by molar-refractivity contribution is 6.33. The smallest absolute Gasteiger partial charge is 0.259 e. The molecule has 2 amide bonds. The van der Waals surface area contributed by atoms with Gasteiger partial charge in [-0.1, -0.05) is 47.1 Å². The lowest BCUT2D eigenvalue weighted by molar-refractivity contribution is 0.0715. The van der Waals surface area contributed by atoms with Gasteiger partial charge in [0.2, 0.25) is 0 Å². The zero-order chi connectivity index (χ0) is 22.0. The number of hydrogen-bond acceptors (Lipinski definition) is 4. The van der Waals surface area contributed by atoms with Crippen molar-refractivity contribution < 1.29 is 18.5 Å². The minimum absolute atomic E-state index is 0.0400. The molecule has 0 saturated carbocycles. The fraction of sp³-hybridized carbons (Fsp3) is 0.261. The predicted octanol–water partition coefficient (Wildman–Crippen LogP) is 4.43. The molecule has 0 unspecified atom stereocenters. The fourth-order valence-electron chi connectivity index (χ4n) is 3.75. The van der Waals surface area contributed by atoms with Gasteiger partial charge in [-0.3, -0.25) is 9.59 Å². The molecule has 31 heavy (non-hydrogen) atoms. The summed E-state index contributed by atoms with van der Waals surface area (Å²) in [6, 6.07) is 13.1. The van der Waals surface area contributed by atoms with E-state index < -0.39 is 5.82 Å². The summed E-state index contributed by atoms with van der Waals surface area (Å²) < 4.78 is 19.3. The molecule has 2 heterocycles. The second-order valence-corrected chi connectivity index (χ2v) is 7.77. The van der Waals surface area contributed by atoms with Crippen molar-refractivity contribution in [3.63, 3.8) is 0 Å². The van der Waals surface area contributed by atoms with Gasteiger partial charge in [0.15, 0.2) is 0 Å². The summed E-state index contributed by atoms with van der Waals surface area (Å²) in [6.07, 6.45) is 0.581. The number of carbonyl (C=O) groups excluding carboxylic acids is 2. The molecule has 0 aliphatic carbocycles. The van der Waals surface area contributed by atoms with Gasteiger partial charge in [-0.25, -0.2) is 4.39 Å². The Labute approximate surface area is 184 Å². The Hall–Kier alpha value is -3.19. The lowest BCUT2D eigenvalue weighted by atomic mass is 10.0. The first-order valence-electron chi connectivity index (χ1n) is 10.0. The number of rotatable bonds is 3. The molecule has 4 rings (SSSR count). The summed E-state index contributed by atoms with van der Waals surface area (Å²) in [4.78, 5) is 29.4. The Kier molecular flexibility index (Phi) is 6.04. The van der Waals surface area contributed by atoms with E-state index in [0.29, 0.717) is 60.2 Å². The average molecular weight is 442 g/mol. The van der Waals surface area contributed by atoms with Gasteiger partial charge in [0, 0.05) is 31.7 Å². The lowest BCUT2D eigenvalue weighted by Crippen LogP contribution is -2.37. The van der Waals surface area contributed by atoms with Crippen LogP contribution in [0.15, 0.2) is 53.1 Å². The SMILES string of the molecule is Cc1onc(-c2ccccc2Cl)c1C(=O)N1CCCN(C(=O)c2ccccc2F)CC1. The Morgan fingerprint density at radius 3 is 2.32 bits per heavy atom. The molecule has 0 bridgehead atoms. The van der Waals surface area contributed by atoms with Gasteiger partial charge in [-0.15, -0.1) is 0 Å².